The summed E-state index contributed by atoms with van der Waals surface area (Å²) in [6.45, 7) is 4.57. The Morgan fingerprint density at radius 3 is 2.46 bits per heavy atom. The largest absolute Gasteiger partial charge is 0.381 e. The molecule has 2 aliphatic heterocycles. The Balaban J connectivity index is 1.32. The van der Waals surface area contributed by atoms with Gasteiger partial charge in [-0.3, -0.25) is 9.59 Å². The summed E-state index contributed by atoms with van der Waals surface area (Å²) in [5.74, 6) is -0.875. The number of amides is 2. The van der Waals surface area contributed by atoms with Crippen LogP contribution in [0.15, 0.2) is 85.1 Å². The Kier molecular flexibility index (Phi) is 10.9. The zero-order valence-electron chi connectivity index (χ0n) is 27.1. The minimum Gasteiger partial charge on any atom is -0.381 e. The highest BCUT2D eigenvalue weighted by Gasteiger charge is 2.40. The van der Waals surface area contributed by atoms with Crippen molar-refractivity contribution in [3.05, 3.63) is 120 Å². The third-order valence-electron chi connectivity index (χ3n) is 9.16. The van der Waals surface area contributed by atoms with Gasteiger partial charge in [-0.1, -0.05) is 67.6 Å². The number of nitrogens with zero attached hydrogens (tertiary/aromatic N) is 4. The van der Waals surface area contributed by atoms with E-state index in [0.717, 1.165) is 29.3 Å². The molecule has 48 heavy (non-hydrogen) atoms. The zero-order valence-corrected chi connectivity index (χ0v) is 27.1. The maximum absolute atomic E-state index is 15.1. The molecule has 2 atom stereocenters. The molecule has 0 N–H and O–H groups in total. The summed E-state index contributed by atoms with van der Waals surface area (Å²) < 4.78 is 43.0. The number of hydrogen-bond donors (Lipinski definition) is 0. The van der Waals surface area contributed by atoms with Gasteiger partial charge in [0.25, 0.3) is 0 Å². The van der Waals surface area contributed by atoms with E-state index in [1.54, 1.807) is 24.4 Å². The molecule has 1 radical (unpaired) electrons. The lowest BCUT2D eigenvalue weighted by molar-refractivity contribution is -0.134. The van der Waals surface area contributed by atoms with E-state index in [4.69, 9.17) is 14.5 Å². The average molecular weight is 656 g/mol. The number of carbonyl (C=O) groups excluding carboxylic acids is 2. The molecule has 2 saturated heterocycles. The summed E-state index contributed by atoms with van der Waals surface area (Å²) in [5, 5.41) is 0. The number of likely N-dealkylation sites (tertiary alicyclic amines) is 1. The molecule has 8 nitrogen and oxygen atoms in total. The predicted octanol–water partition coefficient (Wildman–Crippen LogP) is 6.42. The highest BCUT2D eigenvalue weighted by Crippen LogP contribution is 2.38. The molecule has 10 heteroatoms. The minimum atomic E-state index is -0.580. The van der Waals surface area contributed by atoms with Gasteiger partial charge >= 0.3 is 0 Å². The van der Waals surface area contributed by atoms with Gasteiger partial charge in [0.2, 0.25) is 11.8 Å². The molecule has 0 spiro atoms. The third kappa shape index (κ3) is 7.99. The van der Waals surface area contributed by atoms with E-state index in [1.165, 1.54) is 0 Å². The van der Waals surface area contributed by atoms with Crippen molar-refractivity contribution in [2.75, 3.05) is 33.0 Å². The lowest BCUT2D eigenvalue weighted by Crippen LogP contribution is -2.44. The number of imidazole rings is 1. The molecule has 2 fully saturated rings. The maximum Gasteiger partial charge on any atom is 0.226 e. The summed E-state index contributed by atoms with van der Waals surface area (Å²) in [7, 11) is 0. The molecule has 2 aliphatic rings. The Morgan fingerprint density at radius 2 is 1.75 bits per heavy atom. The van der Waals surface area contributed by atoms with Crippen LogP contribution < -0.4 is 0 Å². The normalized spacial score (nSPS) is 17.5. The first kappa shape index (κ1) is 33.5. The fourth-order valence-electron chi connectivity index (χ4n) is 6.77. The highest BCUT2D eigenvalue weighted by molar-refractivity contribution is 5.85. The number of aromatic nitrogens is 2. The van der Waals surface area contributed by atoms with Crippen LogP contribution in [0.5, 0.6) is 0 Å². The first-order valence-electron chi connectivity index (χ1n) is 16.5. The number of carbonyl (C=O) groups is 2. The van der Waals surface area contributed by atoms with Crippen LogP contribution in [-0.4, -0.2) is 64.2 Å². The van der Waals surface area contributed by atoms with E-state index >= 15 is 4.39 Å². The van der Waals surface area contributed by atoms with Crippen LogP contribution in [0.1, 0.15) is 49.2 Å². The fourth-order valence-corrected chi connectivity index (χ4v) is 6.77. The maximum atomic E-state index is 15.1. The van der Waals surface area contributed by atoms with Crippen molar-refractivity contribution in [1.82, 2.24) is 19.4 Å². The van der Waals surface area contributed by atoms with Crippen molar-refractivity contribution in [3.63, 3.8) is 0 Å². The van der Waals surface area contributed by atoms with Crippen LogP contribution in [-0.2, 0) is 32.2 Å². The average Bonchev–Trinajstić information content (AvgIpc) is 3.68. The number of halogens is 2. The van der Waals surface area contributed by atoms with Gasteiger partial charge in [-0.2, -0.15) is 0 Å². The minimum absolute atomic E-state index is 0.00723. The van der Waals surface area contributed by atoms with Crippen LogP contribution in [0, 0.1) is 29.9 Å². The molecule has 2 unspecified atom stereocenters. The second-order valence-electron chi connectivity index (χ2n) is 12.5. The Bertz CT molecular complexity index is 1680. The van der Waals surface area contributed by atoms with E-state index in [9.17, 15) is 14.0 Å². The highest BCUT2D eigenvalue weighted by atomic mass is 19.1. The molecule has 251 valence electrons. The van der Waals surface area contributed by atoms with Crippen LogP contribution in [0.2, 0.25) is 0 Å². The molecule has 0 aliphatic carbocycles. The van der Waals surface area contributed by atoms with Gasteiger partial charge in [0.05, 0.1) is 18.3 Å². The first-order chi connectivity index (χ1) is 23.4. The lowest BCUT2D eigenvalue weighted by atomic mass is 9.88. The zero-order chi connectivity index (χ0) is 33.5. The summed E-state index contributed by atoms with van der Waals surface area (Å²) in [6.07, 6.45) is 4.98. The van der Waals surface area contributed by atoms with Gasteiger partial charge in [-0.15, -0.1) is 0 Å². The van der Waals surface area contributed by atoms with E-state index in [0.29, 0.717) is 70.2 Å². The molecule has 2 amide bonds. The summed E-state index contributed by atoms with van der Waals surface area (Å²) in [4.78, 5) is 35.5. The summed E-state index contributed by atoms with van der Waals surface area (Å²) >= 11 is 0. The van der Waals surface area contributed by atoms with Crippen LogP contribution >= 0.6 is 0 Å². The van der Waals surface area contributed by atoms with Gasteiger partial charge in [0, 0.05) is 63.4 Å². The fraction of sp³-hybridized carbons (Fsp3) is 0.368. The van der Waals surface area contributed by atoms with Crippen molar-refractivity contribution >= 4 is 11.8 Å². The van der Waals surface area contributed by atoms with Crippen LogP contribution in [0.4, 0.5) is 8.78 Å². The van der Waals surface area contributed by atoms with Gasteiger partial charge in [-0.25, -0.2) is 13.8 Å². The molecule has 0 bridgehead atoms. The molecule has 4 aromatic rings. The Hall–Kier alpha value is -4.41. The van der Waals surface area contributed by atoms with Crippen molar-refractivity contribution < 1.29 is 27.8 Å². The predicted molar refractivity (Wildman–Crippen MR) is 177 cm³/mol. The van der Waals surface area contributed by atoms with Gasteiger partial charge in [0.1, 0.15) is 24.2 Å². The third-order valence-corrected chi connectivity index (χ3v) is 9.16. The monoisotopic (exact) mass is 655 g/mol. The molecular formula is C38H41F2N4O4. The number of benzene rings is 3. The van der Waals surface area contributed by atoms with Gasteiger partial charge in [0.15, 0.2) is 0 Å². The molecular weight excluding hydrogens is 614 g/mol. The quantitative estimate of drug-likeness (QED) is 0.166. The second-order valence-corrected chi connectivity index (χ2v) is 12.5. The van der Waals surface area contributed by atoms with E-state index < -0.39 is 17.7 Å². The first-order valence-corrected chi connectivity index (χ1v) is 16.5. The van der Waals surface area contributed by atoms with Crippen molar-refractivity contribution in [1.29, 1.82) is 0 Å². The lowest BCUT2D eigenvalue weighted by Gasteiger charge is -2.39. The number of ether oxygens (including phenoxy) is 2. The van der Waals surface area contributed by atoms with Gasteiger partial charge < -0.3 is 23.8 Å². The van der Waals surface area contributed by atoms with Crippen LogP contribution in [0.25, 0.3) is 11.3 Å². The molecule has 6 rings (SSSR count). The number of rotatable bonds is 13. The topological polar surface area (TPSA) is 76.9 Å². The van der Waals surface area contributed by atoms with Gasteiger partial charge in [-0.05, 0) is 48.1 Å². The molecule has 3 heterocycles. The summed E-state index contributed by atoms with van der Waals surface area (Å²) in [6, 6.07) is 22.5. The second kappa shape index (κ2) is 15.7. The van der Waals surface area contributed by atoms with Crippen molar-refractivity contribution in [3.8, 4) is 11.3 Å². The smallest absolute Gasteiger partial charge is 0.226 e. The Labute approximate surface area is 280 Å². The standard InChI is InChI=1S/C38H41F2N4O4/c1-2-35(45)44(23-29-19-36(46)43(22-29)26-48-25-28-11-7-4-8-12-28)37(30-15-17-47-18-16-30)38-41-34(32-20-31(39)13-14-33(32)40)24-42(38)21-27-9-5-3-6-10-27/h2-14,20,24,29-30,37H,15-19,21-23,25-26H2,1H3. The molecule has 0 saturated carbocycles. The van der Waals surface area contributed by atoms with Crippen LogP contribution in [0.3, 0.4) is 0 Å². The van der Waals surface area contributed by atoms with E-state index in [-0.39, 0.29) is 35.9 Å². The summed E-state index contributed by atoms with van der Waals surface area (Å²) in [5.41, 5.74) is 2.38. The van der Waals surface area contributed by atoms with Crippen molar-refractivity contribution in [2.45, 2.75) is 45.4 Å². The van der Waals surface area contributed by atoms with Crippen molar-refractivity contribution in [2.24, 2.45) is 11.8 Å². The van der Waals surface area contributed by atoms with E-state index in [1.807, 2.05) is 70.1 Å². The molecule has 3 aromatic carbocycles. The van der Waals surface area contributed by atoms with E-state index in [2.05, 4.69) is 0 Å². The Morgan fingerprint density at radius 1 is 1.04 bits per heavy atom. The molecule has 1 aromatic heterocycles. The SMILES string of the molecule is C[CH]C(=O)N(CC1CC(=O)N(COCc2ccccc2)C1)C(c1nc(-c2cc(F)ccc2F)cn1Cc1ccccc1)C1CCOCC1. The number of hydrogen-bond acceptors (Lipinski definition) is 5.